The van der Waals surface area contributed by atoms with Gasteiger partial charge in [-0.2, -0.15) is 0 Å². The maximum Gasteiger partial charge on any atom is 0.318 e. The molecule has 1 saturated carbocycles. The summed E-state index contributed by atoms with van der Waals surface area (Å²) in [6.45, 7) is 0. The molecule has 128 valence electrons. The summed E-state index contributed by atoms with van der Waals surface area (Å²) in [7, 11) is 0. The molecule has 0 bridgehead atoms. The molecule has 0 amide bonds. The van der Waals surface area contributed by atoms with Crippen molar-refractivity contribution in [3.05, 3.63) is 54.1 Å². The summed E-state index contributed by atoms with van der Waals surface area (Å²) < 4.78 is 6.27. The molecule has 0 aromatic heterocycles. The van der Waals surface area contributed by atoms with Crippen LogP contribution in [0.15, 0.2) is 48.5 Å². The number of carbonyl (C=O) groups excluding carboxylic acids is 1. The van der Waals surface area contributed by atoms with Crippen LogP contribution in [-0.4, -0.2) is 22.5 Å². The number of hydrogen-bond acceptors (Lipinski definition) is 3. The highest BCUT2D eigenvalue weighted by Crippen LogP contribution is 2.46. The van der Waals surface area contributed by atoms with E-state index in [1.807, 2.05) is 42.5 Å². The predicted molar refractivity (Wildman–Crippen MR) is 93.8 cm³/mol. The Morgan fingerprint density at radius 2 is 1.72 bits per heavy atom. The van der Waals surface area contributed by atoms with Gasteiger partial charge in [-0.25, -0.2) is 0 Å². The van der Waals surface area contributed by atoms with E-state index in [9.17, 15) is 14.7 Å². The molecule has 1 fully saturated rings. The zero-order chi connectivity index (χ0) is 17.4. The van der Waals surface area contributed by atoms with Gasteiger partial charge in [0.15, 0.2) is 11.7 Å². The van der Waals surface area contributed by atoms with Crippen molar-refractivity contribution in [1.82, 2.24) is 0 Å². The average Bonchev–Trinajstić information content (AvgIpc) is 2.62. The highest BCUT2D eigenvalue weighted by Gasteiger charge is 2.53. The maximum absolute atomic E-state index is 12.9. The lowest BCUT2D eigenvalue weighted by Crippen LogP contribution is -2.55. The van der Waals surface area contributed by atoms with Crippen LogP contribution in [0.4, 0.5) is 0 Å². The number of Topliss-reactive ketones (excluding diaryl/α,β-unsaturated/α-hetero) is 1. The van der Waals surface area contributed by atoms with Gasteiger partial charge >= 0.3 is 5.97 Å². The summed E-state index contributed by atoms with van der Waals surface area (Å²) in [6.07, 6.45) is 4.08. The quantitative estimate of drug-likeness (QED) is 0.829. The third-order valence-electron chi connectivity index (χ3n) is 5.40. The van der Waals surface area contributed by atoms with Crippen LogP contribution in [0.2, 0.25) is 0 Å². The smallest absolute Gasteiger partial charge is 0.318 e. The molecule has 2 aliphatic rings. The second kappa shape index (κ2) is 6.03. The predicted octanol–water partition coefficient (Wildman–Crippen LogP) is 4.33. The van der Waals surface area contributed by atoms with Crippen molar-refractivity contribution in [3.8, 4) is 16.9 Å². The Labute approximate surface area is 146 Å². The van der Waals surface area contributed by atoms with E-state index >= 15 is 0 Å². The molecular formula is C21H20O4. The first-order valence-corrected chi connectivity index (χ1v) is 8.76. The Bertz CT molecular complexity index is 819. The molecule has 25 heavy (non-hydrogen) atoms. The summed E-state index contributed by atoms with van der Waals surface area (Å²) in [4.78, 5) is 24.8. The van der Waals surface area contributed by atoms with E-state index in [0.29, 0.717) is 24.2 Å². The van der Waals surface area contributed by atoms with Gasteiger partial charge in [0.1, 0.15) is 11.4 Å². The summed E-state index contributed by atoms with van der Waals surface area (Å²) in [5, 5.41) is 9.68. The molecule has 4 heteroatoms. The topological polar surface area (TPSA) is 63.6 Å². The standard InChI is InChI=1S/C21H20O4/c22-19-16-10-9-15(14-7-3-1-4-8-14)13-17(16)25-21(18(19)20(23)24)11-5-2-6-12-21/h1,3-4,7-10,13,18H,2,5-6,11-12H2,(H,23,24). The lowest BCUT2D eigenvalue weighted by atomic mass is 9.71. The number of benzene rings is 2. The van der Waals surface area contributed by atoms with Crippen LogP contribution in [0.25, 0.3) is 11.1 Å². The van der Waals surface area contributed by atoms with E-state index in [0.717, 1.165) is 30.4 Å². The molecule has 1 spiro atoms. The van der Waals surface area contributed by atoms with Gasteiger partial charge in [-0.3, -0.25) is 9.59 Å². The molecule has 0 radical (unpaired) electrons. The molecule has 1 aliphatic carbocycles. The molecule has 0 saturated heterocycles. The second-order valence-electron chi connectivity index (χ2n) is 6.94. The van der Waals surface area contributed by atoms with Gasteiger partial charge in [0.25, 0.3) is 0 Å². The van der Waals surface area contributed by atoms with Gasteiger partial charge in [-0.1, -0.05) is 42.8 Å². The fraction of sp³-hybridized carbons (Fsp3) is 0.333. The van der Waals surface area contributed by atoms with Crippen LogP contribution >= 0.6 is 0 Å². The number of hydrogen-bond donors (Lipinski definition) is 1. The third-order valence-corrected chi connectivity index (χ3v) is 5.40. The number of carbonyl (C=O) groups is 2. The summed E-state index contributed by atoms with van der Waals surface area (Å²) in [5.41, 5.74) is 1.48. The van der Waals surface area contributed by atoms with E-state index < -0.39 is 17.5 Å². The SMILES string of the molecule is O=C(O)C1C(=O)c2ccc(-c3ccccc3)cc2OC12CCCCC2. The molecule has 1 aliphatic heterocycles. The molecule has 1 N–H and O–H groups in total. The van der Waals surface area contributed by atoms with Crippen molar-refractivity contribution in [2.45, 2.75) is 37.7 Å². The van der Waals surface area contributed by atoms with Crippen LogP contribution < -0.4 is 4.74 Å². The van der Waals surface area contributed by atoms with Crippen LogP contribution in [-0.2, 0) is 4.79 Å². The number of carboxylic acid groups (broad SMARTS) is 1. The lowest BCUT2D eigenvalue weighted by Gasteiger charge is -2.44. The Morgan fingerprint density at radius 1 is 1.00 bits per heavy atom. The van der Waals surface area contributed by atoms with Crippen LogP contribution in [0, 0.1) is 5.92 Å². The van der Waals surface area contributed by atoms with Gasteiger partial charge in [-0.05, 0) is 48.9 Å². The zero-order valence-electron chi connectivity index (χ0n) is 13.9. The Balaban J connectivity index is 1.80. The molecule has 1 heterocycles. The van der Waals surface area contributed by atoms with E-state index in [2.05, 4.69) is 0 Å². The molecule has 4 rings (SSSR count). The Morgan fingerprint density at radius 3 is 2.40 bits per heavy atom. The number of ketones is 1. The fourth-order valence-electron chi connectivity index (χ4n) is 4.17. The van der Waals surface area contributed by atoms with Gasteiger partial charge in [0, 0.05) is 0 Å². The first-order valence-electron chi connectivity index (χ1n) is 8.76. The highest BCUT2D eigenvalue weighted by atomic mass is 16.5. The lowest BCUT2D eigenvalue weighted by molar-refractivity contribution is -0.149. The van der Waals surface area contributed by atoms with Crippen molar-refractivity contribution in [2.24, 2.45) is 5.92 Å². The number of fused-ring (bicyclic) bond motifs is 1. The van der Waals surface area contributed by atoms with Crippen molar-refractivity contribution in [2.75, 3.05) is 0 Å². The molecule has 1 atom stereocenters. The minimum atomic E-state index is -1.11. The minimum absolute atomic E-state index is 0.324. The number of aliphatic carboxylic acids is 1. The van der Waals surface area contributed by atoms with E-state index in [-0.39, 0.29) is 5.78 Å². The van der Waals surface area contributed by atoms with E-state index in [1.165, 1.54) is 0 Å². The van der Waals surface area contributed by atoms with Crippen molar-refractivity contribution >= 4 is 11.8 Å². The van der Waals surface area contributed by atoms with Crippen molar-refractivity contribution < 1.29 is 19.4 Å². The number of rotatable bonds is 2. The summed E-state index contributed by atoms with van der Waals surface area (Å²) in [6, 6.07) is 15.3. The highest BCUT2D eigenvalue weighted by molar-refractivity contribution is 6.12. The summed E-state index contributed by atoms with van der Waals surface area (Å²) >= 11 is 0. The largest absolute Gasteiger partial charge is 0.485 e. The maximum atomic E-state index is 12.9. The Hall–Kier alpha value is -2.62. The van der Waals surface area contributed by atoms with E-state index in [1.54, 1.807) is 6.07 Å². The molecular weight excluding hydrogens is 316 g/mol. The first-order chi connectivity index (χ1) is 12.1. The van der Waals surface area contributed by atoms with Crippen molar-refractivity contribution in [3.63, 3.8) is 0 Å². The van der Waals surface area contributed by atoms with Gasteiger partial charge in [0.2, 0.25) is 0 Å². The van der Waals surface area contributed by atoms with Crippen LogP contribution in [0.3, 0.4) is 0 Å². The molecule has 2 aromatic rings. The fourth-order valence-corrected chi connectivity index (χ4v) is 4.17. The monoisotopic (exact) mass is 336 g/mol. The van der Waals surface area contributed by atoms with Gasteiger partial charge < -0.3 is 9.84 Å². The minimum Gasteiger partial charge on any atom is -0.485 e. The average molecular weight is 336 g/mol. The summed E-state index contributed by atoms with van der Waals surface area (Å²) in [5.74, 6) is -1.99. The normalized spacial score (nSPS) is 21.4. The first kappa shape index (κ1) is 15.9. The van der Waals surface area contributed by atoms with Gasteiger partial charge in [0.05, 0.1) is 5.56 Å². The third kappa shape index (κ3) is 2.62. The molecule has 1 unspecified atom stereocenters. The molecule has 2 aromatic carbocycles. The Kier molecular flexibility index (Phi) is 3.83. The second-order valence-corrected chi connectivity index (χ2v) is 6.94. The van der Waals surface area contributed by atoms with Crippen LogP contribution in [0.1, 0.15) is 42.5 Å². The van der Waals surface area contributed by atoms with E-state index in [4.69, 9.17) is 4.74 Å². The number of ether oxygens (including phenoxy) is 1. The zero-order valence-corrected chi connectivity index (χ0v) is 13.9. The van der Waals surface area contributed by atoms with Crippen LogP contribution in [0.5, 0.6) is 5.75 Å². The number of carboxylic acids is 1. The van der Waals surface area contributed by atoms with Crippen molar-refractivity contribution in [1.29, 1.82) is 0 Å². The molecule has 4 nitrogen and oxygen atoms in total. The van der Waals surface area contributed by atoms with Gasteiger partial charge in [-0.15, -0.1) is 0 Å².